The molecule has 3 N–H and O–H groups in total. The van der Waals surface area contributed by atoms with E-state index in [1.54, 1.807) is 53.8 Å². The highest BCUT2D eigenvalue weighted by Gasteiger charge is 2.34. The zero-order valence-electron chi connectivity index (χ0n) is 23.3. The predicted molar refractivity (Wildman–Crippen MR) is 149 cm³/mol. The average molecular weight is 555 g/mol. The fourth-order valence-corrected chi connectivity index (χ4v) is 4.37. The van der Waals surface area contributed by atoms with E-state index < -0.39 is 17.6 Å². The minimum Gasteiger partial charge on any atom is -0.495 e. The Morgan fingerprint density at radius 3 is 2.55 bits per heavy atom. The van der Waals surface area contributed by atoms with Gasteiger partial charge in [-0.2, -0.15) is 13.2 Å². The maximum atomic E-state index is 13.8. The standard InChI is InChI=1S/C29H33F3N6O2/c1-17(2)34-14-21-9-23(12-25(19(21)4)29(30,31)32)35-28(39)20-8-7-18(3)26(11-20)38-16-27(37(5)36-38)22-10-24(40-6)15-33-13-22/h7-13,15-17,34,36H,14H2,1-6H3,(H,35,39). The second-order valence-electron chi connectivity index (χ2n) is 9.95. The Morgan fingerprint density at radius 1 is 1.12 bits per heavy atom. The molecule has 1 aliphatic rings. The molecule has 0 saturated carbocycles. The highest BCUT2D eigenvalue weighted by molar-refractivity contribution is 6.05. The van der Waals surface area contributed by atoms with Crippen LogP contribution in [0.25, 0.3) is 5.70 Å². The highest BCUT2D eigenvalue weighted by Crippen LogP contribution is 2.36. The van der Waals surface area contributed by atoms with E-state index >= 15 is 0 Å². The van der Waals surface area contributed by atoms with E-state index in [9.17, 15) is 18.0 Å². The Bertz CT molecular complexity index is 1440. The van der Waals surface area contributed by atoms with Crippen LogP contribution < -0.4 is 25.9 Å². The Morgan fingerprint density at radius 2 is 1.88 bits per heavy atom. The fraction of sp³-hybridized carbons (Fsp3) is 0.310. The largest absolute Gasteiger partial charge is 0.495 e. The number of halogens is 3. The SMILES string of the molecule is COc1cncc(C2=CN(c3cc(C(=O)Nc4cc(CNC(C)C)c(C)c(C(F)(F)F)c4)ccc3C)NN2C)c1. The number of carbonyl (C=O) groups is 1. The Kier molecular flexibility index (Phi) is 8.36. The first-order chi connectivity index (χ1) is 18.9. The molecule has 1 amide bonds. The lowest BCUT2D eigenvalue weighted by atomic mass is 10.00. The van der Waals surface area contributed by atoms with Crippen molar-refractivity contribution in [1.82, 2.24) is 20.8 Å². The van der Waals surface area contributed by atoms with E-state index in [1.807, 2.05) is 40.1 Å². The number of nitrogens with zero attached hydrogens (tertiary/aromatic N) is 3. The topological polar surface area (TPSA) is 81.8 Å². The zero-order chi connectivity index (χ0) is 29.2. The van der Waals surface area contributed by atoms with Gasteiger partial charge in [0, 0.05) is 48.8 Å². The number of anilines is 2. The fourth-order valence-electron chi connectivity index (χ4n) is 4.37. The van der Waals surface area contributed by atoms with Crippen LogP contribution in [0.3, 0.4) is 0 Å². The summed E-state index contributed by atoms with van der Waals surface area (Å²) >= 11 is 0. The number of alkyl halides is 3. The van der Waals surface area contributed by atoms with Gasteiger partial charge in [-0.05, 0) is 60.9 Å². The summed E-state index contributed by atoms with van der Waals surface area (Å²) in [6, 6.07) is 9.64. The van der Waals surface area contributed by atoms with Crippen LogP contribution in [-0.4, -0.2) is 36.1 Å². The smallest absolute Gasteiger partial charge is 0.416 e. The third-order valence-electron chi connectivity index (χ3n) is 6.63. The van der Waals surface area contributed by atoms with Crippen LogP contribution in [-0.2, 0) is 12.7 Å². The van der Waals surface area contributed by atoms with Crippen molar-refractivity contribution in [2.75, 3.05) is 24.5 Å². The van der Waals surface area contributed by atoms with E-state index in [0.717, 1.165) is 22.9 Å². The predicted octanol–water partition coefficient (Wildman–Crippen LogP) is 5.65. The monoisotopic (exact) mass is 554 g/mol. The van der Waals surface area contributed by atoms with E-state index in [1.165, 1.54) is 6.92 Å². The van der Waals surface area contributed by atoms with Crippen LogP contribution in [0.4, 0.5) is 24.5 Å². The van der Waals surface area contributed by atoms with Crippen LogP contribution in [0.1, 0.15) is 52.0 Å². The molecule has 0 saturated heterocycles. The van der Waals surface area contributed by atoms with Crippen molar-refractivity contribution in [1.29, 1.82) is 0 Å². The van der Waals surface area contributed by atoms with Gasteiger partial charge in [-0.1, -0.05) is 19.9 Å². The van der Waals surface area contributed by atoms with Gasteiger partial charge in [-0.25, -0.2) is 0 Å². The number of carbonyl (C=O) groups excluding carboxylic acids is 1. The minimum atomic E-state index is -4.55. The van der Waals surface area contributed by atoms with E-state index in [4.69, 9.17) is 4.74 Å². The number of hydrogen-bond donors (Lipinski definition) is 3. The summed E-state index contributed by atoms with van der Waals surface area (Å²) in [7, 11) is 3.42. The van der Waals surface area contributed by atoms with Crippen molar-refractivity contribution in [3.8, 4) is 5.75 Å². The molecule has 8 nitrogen and oxygen atoms in total. The first-order valence-corrected chi connectivity index (χ1v) is 12.7. The molecule has 40 heavy (non-hydrogen) atoms. The number of aromatic nitrogens is 1. The zero-order valence-corrected chi connectivity index (χ0v) is 23.3. The van der Waals surface area contributed by atoms with Crippen LogP contribution in [0, 0.1) is 13.8 Å². The molecule has 4 rings (SSSR count). The summed E-state index contributed by atoms with van der Waals surface area (Å²) < 4.78 is 46.7. The van der Waals surface area contributed by atoms with Gasteiger partial charge < -0.3 is 15.4 Å². The van der Waals surface area contributed by atoms with Crippen molar-refractivity contribution in [2.24, 2.45) is 0 Å². The molecule has 212 valence electrons. The van der Waals surface area contributed by atoms with Crippen molar-refractivity contribution >= 4 is 23.0 Å². The summed E-state index contributed by atoms with van der Waals surface area (Å²) in [6.45, 7) is 7.43. The Labute approximate surface area is 231 Å². The van der Waals surface area contributed by atoms with Crippen LogP contribution in [0.2, 0.25) is 0 Å². The van der Waals surface area contributed by atoms with Gasteiger partial charge in [0.15, 0.2) is 0 Å². The van der Waals surface area contributed by atoms with Gasteiger partial charge in [0.05, 0.1) is 30.3 Å². The molecular weight excluding hydrogens is 521 g/mol. The van der Waals surface area contributed by atoms with E-state index in [2.05, 4.69) is 21.2 Å². The molecule has 0 atom stereocenters. The second-order valence-corrected chi connectivity index (χ2v) is 9.95. The molecule has 0 unspecified atom stereocenters. The first-order valence-electron chi connectivity index (χ1n) is 12.7. The lowest BCUT2D eigenvalue weighted by Gasteiger charge is -2.23. The number of aryl methyl sites for hydroxylation is 1. The maximum absolute atomic E-state index is 13.8. The number of ether oxygens (including phenoxy) is 1. The summed E-state index contributed by atoms with van der Waals surface area (Å²) in [5.41, 5.74) is 6.66. The average Bonchev–Trinajstić information content (AvgIpc) is 3.29. The van der Waals surface area contributed by atoms with E-state index in [0.29, 0.717) is 22.6 Å². The van der Waals surface area contributed by atoms with Crippen molar-refractivity contribution < 1.29 is 22.7 Å². The van der Waals surface area contributed by atoms with Gasteiger partial charge in [0.25, 0.3) is 5.91 Å². The third-order valence-corrected chi connectivity index (χ3v) is 6.63. The number of hydrazine groups is 2. The van der Waals surface area contributed by atoms with Gasteiger partial charge in [0.2, 0.25) is 0 Å². The Hall–Kier alpha value is -4.09. The first kappa shape index (κ1) is 28.9. The molecule has 3 aromatic rings. The number of benzene rings is 2. The van der Waals surface area contributed by atoms with Crippen molar-refractivity contribution in [3.63, 3.8) is 0 Å². The lowest BCUT2D eigenvalue weighted by molar-refractivity contribution is -0.138. The number of pyridine rings is 1. The number of amides is 1. The van der Waals surface area contributed by atoms with Gasteiger partial charge in [-0.3, -0.25) is 19.8 Å². The molecule has 11 heteroatoms. The van der Waals surface area contributed by atoms with Gasteiger partial charge >= 0.3 is 6.18 Å². The summed E-state index contributed by atoms with van der Waals surface area (Å²) in [5, 5.41) is 9.39. The number of rotatable bonds is 8. The Balaban J connectivity index is 1.62. The third kappa shape index (κ3) is 6.37. The summed E-state index contributed by atoms with van der Waals surface area (Å²) in [4.78, 5) is 17.5. The molecule has 0 radical (unpaired) electrons. The molecule has 0 spiro atoms. The minimum absolute atomic E-state index is 0.0809. The molecule has 0 aliphatic carbocycles. The van der Waals surface area contributed by atoms with Crippen LogP contribution >= 0.6 is 0 Å². The normalized spacial score (nSPS) is 13.6. The second kappa shape index (κ2) is 11.6. The van der Waals surface area contributed by atoms with Crippen molar-refractivity contribution in [3.05, 3.63) is 88.4 Å². The molecule has 1 aliphatic heterocycles. The summed E-state index contributed by atoms with van der Waals surface area (Å²) in [6.07, 6.45) is 0.648. The molecule has 1 aromatic heterocycles. The number of methoxy groups -OCH3 is 1. The molecule has 0 bridgehead atoms. The van der Waals surface area contributed by atoms with Crippen LogP contribution in [0.15, 0.2) is 55.0 Å². The molecular formula is C29H33F3N6O2. The summed E-state index contributed by atoms with van der Waals surface area (Å²) in [5.74, 6) is 0.0998. The lowest BCUT2D eigenvalue weighted by Crippen LogP contribution is -2.38. The van der Waals surface area contributed by atoms with E-state index in [-0.39, 0.29) is 23.8 Å². The molecule has 0 fully saturated rings. The molecule has 2 aromatic carbocycles. The van der Waals surface area contributed by atoms with Gasteiger partial charge in [-0.15, -0.1) is 5.53 Å². The van der Waals surface area contributed by atoms with Crippen LogP contribution in [0.5, 0.6) is 5.75 Å². The maximum Gasteiger partial charge on any atom is 0.416 e. The van der Waals surface area contributed by atoms with Crippen molar-refractivity contribution in [2.45, 2.75) is 46.5 Å². The number of nitrogens with one attached hydrogen (secondary N) is 3. The number of hydrogen-bond acceptors (Lipinski definition) is 7. The van der Waals surface area contributed by atoms with Gasteiger partial charge in [0.1, 0.15) is 5.75 Å². The molecule has 2 heterocycles. The quantitative estimate of drug-likeness (QED) is 0.332. The highest BCUT2D eigenvalue weighted by atomic mass is 19.4.